The average molecular weight is 449 g/mol. The lowest BCUT2D eigenvalue weighted by atomic mass is 10.1. The SMILES string of the molecule is CN(Cc1c(Cl)cnn1C)C(=O)c1ccc(COc2ccccc2Br)cc1. The van der Waals surface area contributed by atoms with E-state index in [1.54, 1.807) is 29.9 Å². The molecule has 0 saturated carbocycles. The van der Waals surface area contributed by atoms with Crippen molar-refractivity contribution in [3.05, 3.63) is 81.0 Å². The molecule has 0 radical (unpaired) electrons. The summed E-state index contributed by atoms with van der Waals surface area (Å²) in [5, 5.41) is 4.65. The van der Waals surface area contributed by atoms with Gasteiger partial charge in [-0.2, -0.15) is 5.10 Å². The molecule has 1 heterocycles. The Kier molecular flexibility index (Phi) is 6.19. The molecule has 0 spiro atoms. The maximum atomic E-state index is 12.6. The monoisotopic (exact) mass is 447 g/mol. The normalized spacial score (nSPS) is 10.7. The number of aryl methyl sites for hydroxylation is 1. The fourth-order valence-corrected chi connectivity index (χ4v) is 3.22. The molecule has 1 amide bonds. The highest BCUT2D eigenvalue weighted by atomic mass is 79.9. The predicted octanol–water partition coefficient (Wildman–Crippen LogP) is 4.69. The maximum Gasteiger partial charge on any atom is 0.253 e. The summed E-state index contributed by atoms with van der Waals surface area (Å²) in [6, 6.07) is 15.1. The second-order valence-electron chi connectivity index (χ2n) is 6.14. The van der Waals surface area contributed by atoms with Crippen molar-refractivity contribution >= 4 is 33.4 Å². The number of para-hydroxylation sites is 1. The standard InChI is InChI=1S/C20H19BrClN3O2/c1-24(12-18-17(22)11-23-25(18)2)20(26)15-9-7-14(8-10-15)13-27-19-6-4-3-5-16(19)21/h3-11H,12-13H2,1-2H3. The van der Waals surface area contributed by atoms with Crippen LogP contribution in [0.1, 0.15) is 21.6 Å². The molecule has 27 heavy (non-hydrogen) atoms. The summed E-state index contributed by atoms with van der Waals surface area (Å²) in [7, 11) is 3.55. The van der Waals surface area contributed by atoms with Gasteiger partial charge in [0.05, 0.1) is 27.9 Å². The van der Waals surface area contributed by atoms with Gasteiger partial charge in [-0.25, -0.2) is 0 Å². The van der Waals surface area contributed by atoms with Crippen molar-refractivity contribution in [3.63, 3.8) is 0 Å². The third-order valence-corrected chi connectivity index (χ3v) is 5.15. The molecule has 0 aliphatic rings. The second kappa shape index (κ2) is 8.59. The summed E-state index contributed by atoms with van der Waals surface area (Å²) >= 11 is 9.58. The number of carbonyl (C=O) groups excluding carboxylic acids is 1. The van der Waals surface area contributed by atoms with Gasteiger partial charge in [0.25, 0.3) is 5.91 Å². The van der Waals surface area contributed by atoms with Crippen molar-refractivity contribution in [2.24, 2.45) is 7.05 Å². The molecular formula is C20H19BrClN3O2. The van der Waals surface area contributed by atoms with Crippen LogP contribution < -0.4 is 4.74 Å². The van der Waals surface area contributed by atoms with Crippen LogP contribution in [0.25, 0.3) is 0 Å². The van der Waals surface area contributed by atoms with E-state index in [2.05, 4.69) is 21.0 Å². The number of hydrogen-bond acceptors (Lipinski definition) is 3. The van der Waals surface area contributed by atoms with Gasteiger partial charge >= 0.3 is 0 Å². The number of rotatable bonds is 6. The van der Waals surface area contributed by atoms with Crippen molar-refractivity contribution in [1.82, 2.24) is 14.7 Å². The summed E-state index contributed by atoms with van der Waals surface area (Å²) in [4.78, 5) is 14.3. The Morgan fingerprint density at radius 1 is 1.22 bits per heavy atom. The minimum absolute atomic E-state index is 0.0782. The summed E-state index contributed by atoms with van der Waals surface area (Å²) in [5.74, 6) is 0.705. The van der Waals surface area contributed by atoms with Gasteiger partial charge in [-0.3, -0.25) is 9.48 Å². The number of hydrogen-bond donors (Lipinski definition) is 0. The highest BCUT2D eigenvalue weighted by Gasteiger charge is 2.16. The van der Waals surface area contributed by atoms with Crippen LogP contribution in [-0.4, -0.2) is 27.6 Å². The van der Waals surface area contributed by atoms with E-state index < -0.39 is 0 Å². The van der Waals surface area contributed by atoms with Gasteiger partial charge in [0.15, 0.2) is 0 Å². The first-order chi connectivity index (χ1) is 13.0. The van der Waals surface area contributed by atoms with Crippen molar-refractivity contribution in [1.29, 1.82) is 0 Å². The number of amides is 1. The van der Waals surface area contributed by atoms with Gasteiger partial charge in [0.2, 0.25) is 0 Å². The molecule has 0 fully saturated rings. The Hall–Kier alpha value is -2.31. The summed E-state index contributed by atoms with van der Waals surface area (Å²) in [6.07, 6.45) is 1.58. The largest absolute Gasteiger partial charge is 0.488 e. The molecule has 0 aliphatic heterocycles. The summed E-state index contributed by atoms with van der Waals surface area (Å²) in [5.41, 5.74) is 2.39. The molecule has 3 aromatic rings. The van der Waals surface area contributed by atoms with Crippen LogP contribution in [0.5, 0.6) is 5.75 Å². The number of benzene rings is 2. The molecule has 0 N–H and O–H groups in total. The van der Waals surface area contributed by atoms with Gasteiger partial charge in [0, 0.05) is 19.7 Å². The highest BCUT2D eigenvalue weighted by Crippen LogP contribution is 2.24. The Bertz CT molecular complexity index is 921. The lowest BCUT2D eigenvalue weighted by Gasteiger charge is -2.18. The molecule has 7 heteroatoms. The van der Waals surface area contributed by atoms with Crippen molar-refractivity contribution in [3.8, 4) is 5.75 Å². The highest BCUT2D eigenvalue weighted by molar-refractivity contribution is 9.10. The Balaban J connectivity index is 1.62. The first kappa shape index (κ1) is 19.5. The van der Waals surface area contributed by atoms with Crippen LogP contribution in [0, 0.1) is 0 Å². The van der Waals surface area contributed by atoms with E-state index in [9.17, 15) is 4.79 Å². The molecule has 0 bridgehead atoms. The van der Waals surface area contributed by atoms with Gasteiger partial charge in [-0.15, -0.1) is 0 Å². The molecule has 0 saturated heterocycles. The van der Waals surface area contributed by atoms with E-state index in [4.69, 9.17) is 16.3 Å². The Morgan fingerprint density at radius 2 is 1.93 bits per heavy atom. The fourth-order valence-electron chi connectivity index (χ4n) is 2.60. The topological polar surface area (TPSA) is 47.4 Å². The lowest BCUT2D eigenvalue weighted by Crippen LogP contribution is -2.27. The molecule has 0 atom stereocenters. The molecule has 0 aliphatic carbocycles. The van der Waals surface area contributed by atoms with E-state index >= 15 is 0 Å². The van der Waals surface area contributed by atoms with Crippen molar-refractivity contribution < 1.29 is 9.53 Å². The minimum atomic E-state index is -0.0782. The number of aromatic nitrogens is 2. The Labute approximate surface area is 171 Å². The van der Waals surface area contributed by atoms with Gasteiger partial charge in [0.1, 0.15) is 12.4 Å². The second-order valence-corrected chi connectivity index (χ2v) is 7.40. The van der Waals surface area contributed by atoms with Crippen LogP contribution >= 0.6 is 27.5 Å². The number of ether oxygens (including phenoxy) is 1. The van der Waals surface area contributed by atoms with Gasteiger partial charge < -0.3 is 9.64 Å². The van der Waals surface area contributed by atoms with Crippen LogP contribution in [0.2, 0.25) is 5.02 Å². The number of carbonyl (C=O) groups is 1. The van der Waals surface area contributed by atoms with E-state index in [0.29, 0.717) is 23.7 Å². The van der Waals surface area contributed by atoms with E-state index in [0.717, 1.165) is 21.5 Å². The summed E-state index contributed by atoms with van der Waals surface area (Å²) in [6.45, 7) is 0.818. The molecule has 5 nitrogen and oxygen atoms in total. The Morgan fingerprint density at radius 3 is 2.56 bits per heavy atom. The summed E-state index contributed by atoms with van der Waals surface area (Å²) < 4.78 is 8.38. The molecular weight excluding hydrogens is 430 g/mol. The average Bonchev–Trinajstić information content (AvgIpc) is 2.99. The number of halogens is 2. The zero-order chi connectivity index (χ0) is 19.4. The van der Waals surface area contributed by atoms with Gasteiger partial charge in [-0.05, 0) is 45.8 Å². The lowest BCUT2D eigenvalue weighted by molar-refractivity contribution is 0.0782. The molecule has 2 aromatic carbocycles. The molecule has 3 rings (SSSR count). The van der Waals surface area contributed by atoms with Crippen molar-refractivity contribution in [2.45, 2.75) is 13.2 Å². The maximum absolute atomic E-state index is 12.6. The van der Waals surface area contributed by atoms with E-state index in [1.807, 2.05) is 48.5 Å². The number of nitrogens with zero attached hydrogens (tertiary/aromatic N) is 3. The quantitative estimate of drug-likeness (QED) is 0.550. The first-order valence-corrected chi connectivity index (χ1v) is 9.51. The smallest absolute Gasteiger partial charge is 0.253 e. The minimum Gasteiger partial charge on any atom is -0.488 e. The van der Waals surface area contributed by atoms with Gasteiger partial charge in [-0.1, -0.05) is 35.9 Å². The molecule has 140 valence electrons. The first-order valence-electron chi connectivity index (χ1n) is 8.34. The van der Waals surface area contributed by atoms with E-state index in [1.165, 1.54) is 0 Å². The zero-order valence-corrected chi connectivity index (χ0v) is 17.4. The zero-order valence-electron chi connectivity index (χ0n) is 15.0. The van der Waals surface area contributed by atoms with Crippen LogP contribution in [0.3, 0.4) is 0 Å². The van der Waals surface area contributed by atoms with Crippen molar-refractivity contribution in [2.75, 3.05) is 7.05 Å². The third kappa shape index (κ3) is 4.70. The van der Waals surface area contributed by atoms with E-state index in [-0.39, 0.29) is 5.91 Å². The molecule has 0 unspecified atom stereocenters. The third-order valence-electron chi connectivity index (χ3n) is 4.18. The van der Waals surface area contributed by atoms with Crippen LogP contribution in [0.15, 0.2) is 59.2 Å². The fraction of sp³-hybridized carbons (Fsp3) is 0.200. The van der Waals surface area contributed by atoms with Crippen LogP contribution in [0.4, 0.5) is 0 Å². The van der Waals surface area contributed by atoms with Crippen LogP contribution in [-0.2, 0) is 20.2 Å². The molecule has 1 aromatic heterocycles. The predicted molar refractivity (Wildman–Crippen MR) is 109 cm³/mol.